The summed E-state index contributed by atoms with van der Waals surface area (Å²) < 4.78 is 5.48. The number of fused-ring (bicyclic) bond motifs is 1. The first-order valence-corrected chi connectivity index (χ1v) is 10.4. The number of aromatic nitrogens is 2. The highest BCUT2D eigenvalue weighted by molar-refractivity contribution is 5.67. The van der Waals surface area contributed by atoms with E-state index in [0.29, 0.717) is 29.4 Å². The fourth-order valence-electron chi connectivity index (χ4n) is 4.52. The van der Waals surface area contributed by atoms with E-state index in [9.17, 15) is 5.11 Å². The Kier molecular flexibility index (Phi) is 4.95. The Morgan fingerprint density at radius 3 is 2.87 bits per heavy atom. The van der Waals surface area contributed by atoms with Crippen molar-refractivity contribution in [3.63, 3.8) is 0 Å². The van der Waals surface area contributed by atoms with Crippen molar-refractivity contribution < 1.29 is 9.63 Å². The van der Waals surface area contributed by atoms with Crippen molar-refractivity contribution >= 4 is 0 Å². The topological polar surface area (TPSA) is 107 Å². The van der Waals surface area contributed by atoms with Gasteiger partial charge in [0.2, 0.25) is 5.82 Å². The van der Waals surface area contributed by atoms with Crippen molar-refractivity contribution in [3.05, 3.63) is 53.1 Å². The molecule has 0 amide bonds. The van der Waals surface area contributed by atoms with Gasteiger partial charge < -0.3 is 20.3 Å². The summed E-state index contributed by atoms with van der Waals surface area (Å²) in [6, 6.07) is 13.9. The van der Waals surface area contributed by atoms with Gasteiger partial charge in [-0.25, -0.2) is 0 Å². The maximum absolute atomic E-state index is 9.71. The third-order valence-electron chi connectivity index (χ3n) is 6.08. The number of piperidine rings is 1. The summed E-state index contributed by atoms with van der Waals surface area (Å²) in [4.78, 5) is 4.58. The number of nitriles is 1. The van der Waals surface area contributed by atoms with Crippen LogP contribution in [0.3, 0.4) is 0 Å². The van der Waals surface area contributed by atoms with Crippen LogP contribution in [0.5, 0.6) is 5.75 Å². The molecule has 1 aliphatic heterocycles. The SMILES string of the molecule is N#Cc1cc(-c2nc(-c3cccc4c3CCC4NC3CCNCC3)no2)ccc1O. The normalized spacial score (nSPS) is 18.8. The second-order valence-electron chi connectivity index (χ2n) is 7.92. The number of benzene rings is 2. The quantitative estimate of drug-likeness (QED) is 0.616. The van der Waals surface area contributed by atoms with Crippen molar-refractivity contribution in [2.24, 2.45) is 0 Å². The Balaban J connectivity index is 1.42. The van der Waals surface area contributed by atoms with Gasteiger partial charge in [0, 0.05) is 23.2 Å². The molecule has 3 aromatic rings. The Bertz CT molecular complexity index is 1110. The van der Waals surface area contributed by atoms with Crippen molar-refractivity contribution in [2.45, 2.75) is 37.8 Å². The fourth-order valence-corrected chi connectivity index (χ4v) is 4.52. The van der Waals surface area contributed by atoms with Gasteiger partial charge in [-0.3, -0.25) is 0 Å². The zero-order valence-electron chi connectivity index (χ0n) is 16.6. The van der Waals surface area contributed by atoms with Gasteiger partial charge in [-0.15, -0.1) is 0 Å². The van der Waals surface area contributed by atoms with E-state index >= 15 is 0 Å². The maximum atomic E-state index is 9.71. The lowest BCUT2D eigenvalue weighted by Crippen LogP contribution is -2.41. The molecule has 2 aromatic carbocycles. The molecule has 0 saturated carbocycles. The van der Waals surface area contributed by atoms with Crippen LogP contribution in [0.15, 0.2) is 40.9 Å². The third-order valence-corrected chi connectivity index (χ3v) is 6.08. The molecular weight excluding hydrogens is 378 g/mol. The Morgan fingerprint density at radius 2 is 2.03 bits per heavy atom. The second kappa shape index (κ2) is 7.90. The first kappa shape index (κ1) is 18.8. The van der Waals surface area contributed by atoms with E-state index < -0.39 is 0 Å². The van der Waals surface area contributed by atoms with Crippen molar-refractivity contribution in [3.8, 4) is 34.7 Å². The molecule has 2 aliphatic rings. The van der Waals surface area contributed by atoms with Gasteiger partial charge in [0.05, 0.1) is 5.56 Å². The number of rotatable bonds is 4. The number of hydrogen-bond acceptors (Lipinski definition) is 7. The van der Waals surface area contributed by atoms with E-state index in [1.165, 1.54) is 17.2 Å². The van der Waals surface area contributed by atoms with Crippen molar-refractivity contribution in [1.82, 2.24) is 20.8 Å². The number of hydrogen-bond donors (Lipinski definition) is 3. The van der Waals surface area contributed by atoms with E-state index in [0.717, 1.165) is 44.3 Å². The van der Waals surface area contributed by atoms with Crippen LogP contribution < -0.4 is 10.6 Å². The predicted molar refractivity (Wildman–Crippen MR) is 112 cm³/mol. The molecule has 0 radical (unpaired) electrons. The monoisotopic (exact) mass is 401 g/mol. The molecular formula is C23H23N5O2. The molecule has 1 aromatic heterocycles. The average Bonchev–Trinajstić information content (AvgIpc) is 3.43. The van der Waals surface area contributed by atoms with E-state index in [-0.39, 0.29) is 11.3 Å². The predicted octanol–water partition coefficient (Wildman–Crippen LogP) is 3.31. The zero-order valence-corrected chi connectivity index (χ0v) is 16.6. The molecule has 1 unspecified atom stereocenters. The van der Waals surface area contributed by atoms with Gasteiger partial charge in [-0.2, -0.15) is 10.2 Å². The van der Waals surface area contributed by atoms with E-state index in [1.807, 2.05) is 12.1 Å². The van der Waals surface area contributed by atoms with Crippen LogP contribution in [0.2, 0.25) is 0 Å². The van der Waals surface area contributed by atoms with Gasteiger partial charge in [0.25, 0.3) is 5.89 Å². The molecule has 0 spiro atoms. The minimum absolute atomic E-state index is 0.0610. The molecule has 0 bridgehead atoms. The molecule has 30 heavy (non-hydrogen) atoms. The van der Waals surface area contributed by atoms with Gasteiger partial charge in [0.15, 0.2) is 0 Å². The largest absolute Gasteiger partial charge is 0.507 e. The molecule has 1 atom stereocenters. The van der Waals surface area contributed by atoms with Crippen LogP contribution in [0.4, 0.5) is 0 Å². The zero-order chi connectivity index (χ0) is 20.5. The summed E-state index contributed by atoms with van der Waals surface area (Å²) in [6.45, 7) is 2.15. The van der Waals surface area contributed by atoms with Crippen LogP contribution in [-0.2, 0) is 6.42 Å². The summed E-state index contributed by atoms with van der Waals surface area (Å²) in [7, 11) is 0. The van der Waals surface area contributed by atoms with E-state index in [4.69, 9.17) is 9.78 Å². The molecule has 152 valence electrons. The van der Waals surface area contributed by atoms with Gasteiger partial charge in [0.1, 0.15) is 11.8 Å². The smallest absolute Gasteiger partial charge is 0.258 e. The van der Waals surface area contributed by atoms with Crippen molar-refractivity contribution in [1.29, 1.82) is 5.26 Å². The van der Waals surface area contributed by atoms with Crippen LogP contribution in [0, 0.1) is 11.3 Å². The summed E-state index contributed by atoms with van der Waals surface area (Å²) in [5.41, 5.74) is 4.39. The van der Waals surface area contributed by atoms with Gasteiger partial charge in [-0.05, 0) is 68.1 Å². The van der Waals surface area contributed by atoms with Crippen molar-refractivity contribution in [2.75, 3.05) is 13.1 Å². The Labute approximate surface area is 174 Å². The highest BCUT2D eigenvalue weighted by atomic mass is 16.5. The highest BCUT2D eigenvalue weighted by Crippen LogP contribution is 2.38. The number of nitrogens with one attached hydrogen (secondary N) is 2. The molecule has 5 rings (SSSR count). The lowest BCUT2D eigenvalue weighted by Gasteiger charge is -2.27. The van der Waals surface area contributed by atoms with Crippen LogP contribution in [0.25, 0.3) is 22.8 Å². The average molecular weight is 401 g/mol. The Morgan fingerprint density at radius 1 is 1.17 bits per heavy atom. The third kappa shape index (κ3) is 3.45. The lowest BCUT2D eigenvalue weighted by molar-refractivity contribution is 0.349. The molecule has 2 heterocycles. The minimum Gasteiger partial charge on any atom is -0.507 e. The summed E-state index contributed by atoms with van der Waals surface area (Å²) in [5.74, 6) is 0.826. The van der Waals surface area contributed by atoms with Crippen LogP contribution in [0.1, 0.15) is 42.0 Å². The molecule has 1 saturated heterocycles. The number of nitrogens with zero attached hydrogens (tertiary/aromatic N) is 3. The molecule has 1 aliphatic carbocycles. The molecule has 7 heteroatoms. The first-order valence-electron chi connectivity index (χ1n) is 10.4. The highest BCUT2D eigenvalue weighted by Gasteiger charge is 2.28. The van der Waals surface area contributed by atoms with Crippen LogP contribution >= 0.6 is 0 Å². The molecule has 7 nitrogen and oxygen atoms in total. The van der Waals surface area contributed by atoms with E-state index in [2.05, 4.69) is 32.9 Å². The lowest BCUT2D eigenvalue weighted by atomic mass is 10.00. The minimum atomic E-state index is -0.0610. The van der Waals surface area contributed by atoms with Gasteiger partial charge >= 0.3 is 0 Å². The van der Waals surface area contributed by atoms with Gasteiger partial charge in [-0.1, -0.05) is 23.4 Å². The summed E-state index contributed by atoms with van der Waals surface area (Å²) >= 11 is 0. The molecule has 1 fully saturated rings. The van der Waals surface area contributed by atoms with E-state index in [1.54, 1.807) is 12.1 Å². The Hall–Kier alpha value is -3.21. The number of phenols is 1. The maximum Gasteiger partial charge on any atom is 0.258 e. The standard InChI is InChI=1S/C23H23N5O2/c24-13-15-12-14(4-7-21(15)29)23-27-22(28-30-23)19-3-1-2-18-17(19)5-6-20(18)26-16-8-10-25-11-9-16/h1-4,7,12,16,20,25-26,29H,5-6,8-11H2. The summed E-state index contributed by atoms with van der Waals surface area (Å²) in [5, 5.41) is 30.3. The fraction of sp³-hybridized carbons (Fsp3) is 0.348. The van der Waals surface area contributed by atoms with Crippen LogP contribution in [-0.4, -0.2) is 34.4 Å². The number of aromatic hydroxyl groups is 1. The number of phenolic OH excluding ortho intramolecular Hbond substituents is 1. The second-order valence-corrected chi connectivity index (χ2v) is 7.92. The summed E-state index contributed by atoms with van der Waals surface area (Å²) in [6.07, 6.45) is 4.38. The first-order chi connectivity index (χ1) is 14.7. The molecule has 3 N–H and O–H groups in total.